The van der Waals surface area contributed by atoms with E-state index in [1.165, 1.54) is 16.0 Å². The Kier molecular flexibility index (Phi) is 8.06. The van der Waals surface area contributed by atoms with Gasteiger partial charge in [0.25, 0.3) is 0 Å². The molecular weight excluding hydrogens is 444 g/mol. The van der Waals surface area contributed by atoms with Crippen LogP contribution in [0, 0.1) is 5.92 Å². The Morgan fingerprint density at radius 3 is 2.23 bits per heavy atom. The quantitative estimate of drug-likeness (QED) is 0.532. The van der Waals surface area contributed by atoms with E-state index in [-0.39, 0.29) is 31.0 Å². The number of alkyl carbamates (subject to hydrolysis) is 1. The average Bonchev–Trinajstić information content (AvgIpc) is 2.98. The van der Waals surface area contributed by atoms with Crippen molar-refractivity contribution in [3.63, 3.8) is 0 Å². The maximum absolute atomic E-state index is 13.3. The summed E-state index contributed by atoms with van der Waals surface area (Å²) in [5, 5.41) is 12.2. The van der Waals surface area contributed by atoms with Crippen molar-refractivity contribution >= 4 is 18.0 Å². The van der Waals surface area contributed by atoms with Gasteiger partial charge in [-0.05, 0) is 41.5 Å². The topological polar surface area (TPSA) is 95.9 Å². The summed E-state index contributed by atoms with van der Waals surface area (Å²) in [5.74, 6) is -1.69. The Bertz CT molecular complexity index is 1020. The molecule has 0 radical (unpaired) electrons. The monoisotopic (exact) mass is 478 g/mol. The highest BCUT2D eigenvalue weighted by Crippen LogP contribution is 2.44. The zero-order valence-electron chi connectivity index (χ0n) is 20.2. The molecule has 7 heteroatoms. The van der Waals surface area contributed by atoms with E-state index in [2.05, 4.69) is 29.6 Å². The maximum atomic E-state index is 13.3. The van der Waals surface area contributed by atoms with Gasteiger partial charge < -0.3 is 20.1 Å². The first-order valence-corrected chi connectivity index (χ1v) is 12.6. The standard InChI is InChI=1S/C28H34N2O5/c1-2-16-30(17-26(31)32)27(33)23-14-4-3-5-15-25(23)29-28(34)35-18-24-21-12-8-6-10-19(21)20-11-7-9-13-22(20)24/h6-13,23-25H,2-5,14-18H2,1H3,(H,29,34)(H,31,32)/t23-,25+/m1/s1. The number of ether oxygens (including phenoxy) is 1. The lowest BCUT2D eigenvalue weighted by molar-refractivity contribution is -0.147. The first-order chi connectivity index (χ1) is 17.0. The molecule has 2 aliphatic carbocycles. The largest absolute Gasteiger partial charge is 0.480 e. The molecule has 2 N–H and O–H groups in total. The van der Waals surface area contributed by atoms with Crippen molar-refractivity contribution in [2.75, 3.05) is 19.7 Å². The van der Waals surface area contributed by atoms with Crippen LogP contribution in [-0.2, 0) is 14.3 Å². The molecule has 1 fully saturated rings. The predicted octanol–water partition coefficient (Wildman–Crippen LogP) is 4.80. The van der Waals surface area contributed by atoms with Gasteiger partial charge in [0.15, 0.2) is 0 Å². The number of carbonyl (C=O) groups excluding carboxylic acids is 2. The highest BCUT2D eigenvalue weighted by molar-refractivity contribution is 5.84. The molecule has 0 aromatic heterocycles. The molecule has 35 heavy (non-hydrogen) atoms. The smallest absolute Gasteiger partial charge is 0.407 e. The third kappa shape index (κ3) is 5.66. The van der Waals surface area contributed by atoms with Crippen LogP contribution in [0.2, 0.25) is 0 Å². The Morgan fingerprint density at radius 1 is 0.971 bits per heavy atom. The minimum absolute atomic E-state index is 0.0321. The molecule has 0 unspecified atom stereocenters. The molecule has 2 atom stereocenters. The molecule has 0 spiro atoms. The first kappa shape index (κ1) is 24.8. The van der Waals surface area contributed by atoms with Crippen LogP contribution in [0.15, 0.2) is 48.5 Å². The minimum Gasteiger partial charge on any atom is -0.480 e. The van der Waals surface area contributed by atoms with Crippen molar-refractivity contribution in [3.8, 4) is 11.1 Å². The molecular formula is C28H34N2O5. The number of carboxylic acid groups (broad SMARTS) is 1. The summed E-state index contributed by atoms with van der Waals surface area (Å²) in [6, 6.07) is 16.0. The molecule has 2 aromatic rings. The number of amides is 2. The SMILES string of the molecule is CCCN(CC(=O)O)C(=O)[C@@H]1CCCCC[C@@H]1NC(=O)OCC1c2ccccc2-c2ccccc21. The number of nitrogens with one attached hydrogen (secondary N) is 1. The van der Waals surface area contributed by atoms with E-state index in [1.807, 2.05) is 31.2 Å². The van der Waals surface area contributed by atoms with Crippen LogP contribution in [0.1, 0.15) is 62.5 Å². The molecule has 186 valence electrons. The van der Waals surface area contributed by atoms with E-state index in [1.54, 1.807) is 0 Å². The van der Waals surface area contributed by atoms with Gasteiger partial charge in [0.05, 0.1) is 5.92 Å². The van der Waals surface area contributed by atoms with Gasteiger partial charge in [0.2, 0.25) is 5.91 Å². The summed E-state index contributed by atoms with van der Waals surface area (Å²) >= 11 is 0. The fourth-order valence-corrected chi connectivity index (χ4v) is 5.50. The van der Waals surface area contributed by atoms with E-state index < -0.39 is 18.0 Å². The normalized spacial score (nSPS) is 19.2. The van der Waals surface area contributed by atoms with Gasteiger partial charge in [-0.15, -0.1) is 0 Å². The Morgan fingerprint density at radius 2 is 1.60 bits per heavy atom. The van der Waals surface area contributed by atoms with Crippen molar-refractivity contribution in [1.82, 2.24) is 10.2 Å². The summed E-state index contributed by atoms with van der Waals surface area (Å²) in [5.41, 5.74) is 4.63. The van der Waals surface area contributed by atoms with Crippen molar-refractivity contribution < 1.29 is 24.2 Å². The second kappa shape index (κ2) is 11.4. The van der Waals surface area contributed by atoms with Crippen LogP contribution in [0.5, 0.6) is 0 Å². The number of carboxylic acids is 1. The van der Waals surface area contributed by atoms with Gasteiger partial charge in [0.1, 0.15) is 13.2 Å². The van der Waals surface area contributed by atoms with Crippen LogP contribution >= 0.6 is 0 Å². The lowest BCUT2D eigenvalue weighted by atomic mass is 9.93. The third-order valence-electron chi connectivity index (χ3n) is 7.11. The van der Waals surface area contributed by atoms with Crippen LogP contribution in [-0.4, -0.2) is 53.7 Å². The number of rotatable bonds is 8. The number of benzene rings is 2. The molecule has 2 aliphatic rings. The van der Waals surface area contributed by atoms with Crippen LogP contribution < -0.4 is 5.32 Å². The molecule has 0 bridgehead atoms. The number of fused-ring (bicyclic) bond motifs is 3. The molecule has 4 rings (SSSR count). The van der Waals surface area contributed by atoms with Crippen molar-refractivity contribution in [1.29, 1.82) is 0 Å². The summed E-state index contributed by atoms with van der Waals surface area (Å²) in [6.45, 7) is 2.20. The van der Waals surface area contributed by atoms with Gasteiger partial charge in [0, 0.05) is 18.5 Å². The fourth-order valence-electron chi connectivity index (χ4n) is 5.50. The van der Waals surface area contributed by atoms with E-state index in [0.29, 0.717) is 25.8 Å². The van der Waals surface area contributed by atoms with Crippen LogP contribution in [0.25, 0.3) is 11.1 Å². The highest BCUT2D eigenvalue weighted by Gasteiger charge is 2.35. The van der Waals surface area contributed by atoms with E-state index in [0.717, 1.165) is 30.4 Å². The molecule has 7 nitrogen and oxygen atoms in total. The number of nitrogens with zero attached hydrogens (tertiary/aromatic N) is 1. The fraction of sp³-hybridized carbons (Fsp3) is 0.464. The van der Waals surface area contributed by atoms with Gasteiger partial charge in [-0.1, -0.05) is 74.7 Å². The second-order valence-electron chi connectivity index (χ2n) is 9.47. The third-order valence-corrected chi connectivity index (χ3v) is 7.11. The molecule has 2 aromatic carbocycles. The lowest BCUT2D eigenvalue weighted by Crippen LogP contribution is -2.49. The molecule has 0 saturated heterocycles. The average molecular weight is 479 g/mol. The lowest BCUT2D eigenvalue weighted by Gasteiger charge is -2.30. The zero-order chi connectivity index (χ0) is 24.8. The van der Waals surface area contributed by atoms with Crippen LogP contribution in [0.4, 0.5) is 4.79 Å². The Labute approximate surface area is 206 Å². The molecule has 0 heterocycles. The van der Waals surface area contributed by atoms with E-state index in [4.69, 9.17) is 4.74 Å². The summed E-state index contributed by atoms with van der Waals surface area (Å²) < 4.78 is 5.71. The first-order valence-electron chi connectivity index (χ1n) is 12.6. The van der Waals surface area contributed by atoms with Crippen molar-refractivity contribution in [2.24, 2.45) is 5.92 Å². The van der Waals surface area contributed by atoms with Crippen LogP contribution in [0.3, 0.4) is 0 Å². The summed E-state index contributed by atoms with van der Waals surface area (Å²) in [6.07, 6.45) is 4.23. The van der Waals surface area contributed by atoms with E-state index in [9.17, 15) is 19.5 Å². The minimum atomic E-state index is -1.03. The number of aliphatic carboxylic acids is 1. The van der Waals surface area contributed by atoms with Gasteiger partial charge in [-0.3, -0.25) is 9.59 Å². The Balaban J connectivity index is 1.43. The molecule has 2 amide bonds. The Hall–Kier alpha value is -3.35. The van der Waals surface area contributed by atoms with Crippen molar-refractivity contribution in [3.05, 3.63) is 59.7 Å². The predicted molar refractivity (Wildman–Crippen MR) is 133 cm³/mol. The maximum Gasteiger partial charge on any atom is 0.407 e. The van der Waals surface area contributed by atoms with Crippen molar-refractivity contribution in [2.45, 2.75) is 57.4 Å². The van der Waals surface area contributed by atoms with Gasteiger partial charge in [-0.2, -0.15) is 0 Å². The molecule has 0 aliphatic heterocycles. The number of hydrogen-bond donors (Lipinski definition) is 2. The number of hydrogen-bond acceptors (Lipinski definition) is 4. The second-order valence-corrected chi connectivity index (χ2v) is 9.47. The summed E-state index contributed by atoms with van der Waals surface area (Å²) in [4.78, 5) is 38.9. The highest BCUT2D eigenvalue weighted by atomic mass is 16.5. The van der Waals surface area contributed by atoms with Gasteiger partial charge in [-0.25, -0.2) is 4.79 Å². The molecule has 1 saturated carbocycles. The van der Waals surface area contributed by atoms with Gasteiger partial charge >= 0.3 is 12.1 Å². The summed E-state index contributed by atoms with van der Waals surface area (Å²) in [7, 11) is 0. The van der Waals surface area contributed by atoms with E-state index >= 15 is 0 Å². The zero-order valence-corrected chi connectivity index (χ0v) is 20.2. The number of carbonyl (C=O) groups is 3.